The predicted molar refractivity (Wildman–Crippen MR) is 74.4 cm³/mol. The number of anilines is 1. The van der Waals surface area contributed by atoms with Gasteiger partial charge in [0.15, 0.2) is 0 Å². The molecule has 0 bridgehead atoms. The zero-order valence-corrected chi connectivity index (χ0v) is 11.6. The molecule has 1 aromatic carbocycles. The SMILES string of the molecule is CC(SCC(=O)Nc1ccc(C#N)c(Cl)c1)C(=O)O. The van der Waals surface area contributed by atoms with Gasteiger partial charge in [0.05, 0.1) is 21.6 Å². The van der Waals surface area contributed by atoms with E-state index in [9.17, 15) is 9.59 Å². The molecule has 0 aliphatic rings. The lowest BCUT2D eigenvalue weighted by Crippen LogP contribution is -2.19. The Kier molecular flexibility index (Phi) is 5.67. The largest absolute Gasteiger partial charge is 0.480 e. The second-order valence-electron chi connectivity index (χ2n) is 3.65. The molecule has 0 radical (unpaired) electrons. The topological polar surface area (TPSA) is 90.2 Å². The van der Waals surface area contributed by atoms with Gasteiger partial charge in [-0.3, -0.25) is 9.59 Å². The van der Waals surface area contributed by atoms with Crippen LogP contribution in [0.2, 0.25) is 5.02 Å². The summed E-state index contributed by atoms with van der Waals surface area (Å²) in [6, 6.07) is 6.46. The molecule has 100 valence electrons. The molecule has 0 saturated heterocycles. The number of nitrogens with zero attached hydrogens (tertiary/aromatic N) is 1. The highest BCUT2D eigenvalue weighted by atomic mass is 35.5. The van der Waals surface area contributed by atoms with E-state index in [1.54, 1.807) is 6.07 Å². The molecule has 0 aliphatic heterocycles. The van der Waals surface area contributed by atoms with Crippen molar-refractivity contribution in [3.05, 3.63) is 28.8 Å². The lowest BCUT2D eigenvalue weighted by atomic mass is 10.2. The first-order valence-electron chi connectivity index (χ1n) is 5.28. The fraction of sp³-hybridized carbons (Fsp3) is 0.250. The number of hydrogen-bond acceptors (Lipinski definition) is 4. The number of nitriles is 1. The molecule has 2 N–H and O–H groups in total. The summed E-state index contributed by atoms with van der Waals surface area (Å²) in [5.74, 6) is -1.25. The molecule has 0 fully saturated rings. The third-order valence-corrected chi connectivity index (χ3v) is 3.63. The summed E-state index contributed by atoms with van der Waals surface area (Å²) in [6.45, 7) is 1.51. The summed E-state index contributed by atoms with van der Waals surface area (Å²) in [4.78, 5) is 22.2. The third-order valence-electron chi connectivity index (χ3n) is 2.19. The highest BCUT2D eigenvalue weighted by Crippen LogP contribution is 2.20. The van der Waals surface area contributed by atoms with Crippen LogP contribution in [0.1, 0.15) is 12.5 Å². The Morgan fingerprint density at radius 2 is 2.26 bits per heavy atom. The van der Waals surface area contributed by atoms with Crippen molar-refractivity contribution >= 4 is 40.9 Å². The number of thioether (sulfide) groups is 1. The van der Waals surface area contributed by atoms with E-state index in [-0.39, 0.29) is 16.7 Å². The van der Waals surface area contributed by atoms with Crippen molar-refractivity contribution in [1.82, 2.24) is 0 Å². The molecular formula is C12H11ClN2O3S. The highest BCUT2D eigenvalue weighted by molar-refractivity contribution is 8.01. The third kappa shape index (κ3) is 4.81. The quantitative estimate of drug-likeness (QED) is 0.871. The predicted octanol–water partition coefficient (Wildman–Crippen LogP) is 2.36. The summed E-state index contributed by atoms with van der Waals surface area (Å²) in [5, 5.41) is 19.6. The Balaban J connectivity index is 2.56. The molecule has 0 aromatic heterocycles. The molecular weight excluding hydrogens is 288 g/mol. The maximum atomic E-state index is 11.6. The van der Waals surface area contributed by atoms with E-state index in [4.69, 9.17) is 22.0 Å². The van der Waals surface area contributed by atoms with Gasteiger partial charge in [-0.15, -0.1) is 11.8 Å². The molecule has 19 heavy (non-hydrogen) atoms. The average Bonchev–Trinajstić information content (AvgIpc) is 2.36. The molecule has 1 rings (SSSR count). The first kappa shape index (κ1) is 15.3. The van der Waals surface area contributed by atoms with Gasteiger partial charge >= 0.3 is 5.97 Å². The summed E-state index contributed by atoms with van der Waals surface area (Å²) < 4.78 is 0. The molecule has 0 aliphatic carbocycles. The van der Waals surface area contributed by atoms with Crippen LogP contribution in [-0.2, 0) is 9.59 Å². The fourth-order valence-corrected chi connectivity index (χ4v) is 1.99. The minimum atomic E-state index is -0.959. The molecule has 0 spiro atoms. The van der Waals surface area contributed by atoms with Gasteiger partial charge in [0.1, 0.15) is 6.07 Å². The maximum Gasteiger partial charge on any atom is 0.316 e. The molecule has 0 heterocycles. The van der Waals surface area contributed by atoms with Gasteiger partial charge in [-0.1, -0.05) is 11.6 Å². The smallest absolute Gasteiger partial charge is 0.316 e. The van der Waals surface area contributed by atoms with Crippen LogP contribution in [-0.4, -0.2) is 28.0 Å². The van der Waals surface area contributed by atoms with Crippen molar-refractivity contribution < 1.29 is 14.7 Å². The van der Waals surface area contributed by atoms with Gasteiger partial charge in [-0.25, -0.2) is 0 Å². The number of carboxylic acid groups (broad SMARTS) is 1. The summed E-state index contributed by atoms with van der Waals surface area (Å²) in [5.41, 5.74) is 0.797. The molecule has 0 saturated carbocycles. The van der Waals surface area contributed by atoms with Crippen molar-refractivity contribution in [3.63, 3.8) is 0 Å². The molecule has 7 heteroatoms. The van der Waals surface area contributed by atoms with Gasteiger partial charge in [-0.05, 0) is 25.1 Å². The van der Waals surface area contributed by atoms with Crippen LogP contribution in [0.3, 0.4) is 0 Å². The zero-order valence-electron chi connectivity index (χ0n) is 10.0. The number of rotatable bonds is 5. The molecule has 1 amide bonds. The number of benzene rings is 1. The van der Waals surface area contributed by atoms with E-state index in [0.29, 0.717) is 11.3 Å². The van der Waals surface area contributed by atoms with Crippen LogP contribution < -0.4 is 5.32 Å². The Morgan fingerprint density at radius 1 is 1.58 bits per heavy atom. The van der Waals surface area contributed by atoms with Crippen molar-refractivity contribution in [2.24, 2.45) is 0 Å². The molecule has 1 aromatic rings. The lowest BCUT2D eigenvalue weighted by Gasteiger charge is -2.08. The monoisotopic (exact) mass is 298 g/mol. The minimum absolute atomic E-state index is 0.0328. The van der Waals surface area contributed by atoms with Crippen molar-refractivity contribution in [3.8, 4) is 6.07 Å². The molecule has 1 unspecified atom stereocenters. The zero-order chi connectivity index (χ0) is 14.4. The summed E-state index contributed by atoms with van der Waals surface area (Å²) >= 11 is 6.85. The highest BCUT2D eigenvalue weighted by Gasteiger charge is 2.13. The number of hydrogen-bond donors (Lipinski definition) is 2. The van der Waals surface area contributed by atoms with E-state index in [2.05, 4.69) is 5.32 Å². The van der Waals surface area contributed by atoms with E-state index in [0.717, 1.165) is 11.8 Å². The van der Waals surface area contributed by atoms with E-state index < -0.39 is 11.2 Å². The standard InChI is InChI=1S/C12H11ClN2O3S/c1-7(12(17)18)19-6-11(16)15-9-3-2-8(5-14)10(13)4-9/h2-4,7H,6H2,1H3,(H,15,16)(H,17,18). The number of nitrogens with one attached hydrogen (secondary N) is 1. The van der Waals surface area contributed by atoms with E-state index in [1.807, 2.05) is 6.07 Å². The minimum Gasteiger partial charge on any atom is -0.480 e. The second-order valence-corrected chi connectivity index (χ2v) is 5.38. The van der Waals surface area contributed by atoms with E-state index >= 15 is 0 Å². The molecule has 1 atom stereocenters. The van der Waals surface area contributed by atoms with Gasteiger partial charge in [0.25, 0.3) is 0 Å². The van der Waals surface area contributed by atoms with Crippen LogP contribution in [0.15, 0.2) is 18.2 Å². The lowest BCUT2D eigenvalue weighted by molar-refractivity contribution is -0.136. The number of aliphatic carboxylic acids is 1. The summed E-state index contributed by atoms with van der Waals surface area (Å²) in [7, 11) is 0. The Hall–Kier alpha value is -1.71. The van der Waals surface area contributed by atoms with Crippen molar-refractivity contribution in [1.29, 1.82) is 5.26 Å². The maximum absolute atomic E-state index is 11.6. The van der Waals surface area contributed by atoms with Gasteiger partial charge in [0.2, 0.25) is 5.91 Å². The second kappa shape index (κ2) is 7.02. The number of carboxylic acids is 1. The Labute approximate surface area is 119 Å². The van der Waals surface area contributed by atoms with Crippen molar-refractivity contribution in [2.45, 2.75) is 12.2 Å². The number of amides is 1. The van der Waals surface area contributed by atoms with Gasteiger partial charge < -0.3 is 10.4 Å². The number of carbonyl (C=O) groups is 2. The Morgan fingerprint density at radius 3 is 2.79 bits per heavy atom. The summed E-state index contributed by atoms with van der Waals surface area (Å²) in [6.07, 6.45) is 0. The number of halogens is 1. The average molecular weight is 299 g/mol. The van der Waals surface area contributed by atoms with Crippen LogP contribution >= 0.6 is 23.4 Å². The van der Waals surface area contributed by atoms with Crippen LogP contribution in [0.4, 0.5) is 5.69 Å². The normalized spacial score (nSPS) is 11.4. The van der Waals surface area contributed by atoms with Gasteiger partial charge in [0, 0.05) is 5.69 Å². The number of carbonyl (C=O) groups excluding carboxylic acids is 1. The fourth-order valence-electron chi connectivity index (χ4n) is 1.15. The first-order valence-corrected chi connectivity index (χ1v) is 6.70. The van der Waals surface area contributed by atoms with Crippen LogP contribution in [0.25, 0.3) is 0 Å². The van der Waals surface area contributed by atoms with Crippen LogP contribution in [0.5, 0.6) is 0 Å². The van der Waals surface area contributed by atoms with E-state index in [1.165, 1.54) is 19.1 Å². The van der Waals surface area contributed by atoms with Crippen molar-refractivity contribution in [2.75, 3.05) is 11.1 Å². The first-order chi connectivity index (χ1) is 8.93. The van der Waals surface area contributed by atoms with Crippen LogP contribution in [0, 0.1) is 11.3 Å². The Bertz CT molecular complexity index is 542. The van der Waals surface area contributed by atoms with Gasteiger partial charge in [-0.2, -0.15) is 5.26 Å². The molecule has 5 nitrogen and oxygen atoms in total.